The zero-order chi connectivity index (χ0) is 27.5. The third-order valence-corrected chi connectivity index (χ3v) is 7.55. The van der Waals surface area contributed by atoms with E-state index in [1.165, 1.54) is 24.2 Å². The van der Waals surface area contributed by atoms with Gasteiger partial charge in [-0.2, -0.15) is 0 Å². The van der Waals surface area contributed by atoms with Crippen LogP contribution < -0.4 is 15.5 Å². The number of fused-ring (bicyclic) bond motifs is 1. The van der Waals surface area contributed by atoms with Gasteiger partial charge in [0.25, 0.3) is 11.8 Å². The predicted octanol–water partition coefficient (Wildman–Crippen LogP) is 4.27. The summed E-state index contributed by atoms with van der Waals surface area (Å²) in [4.78, 5) is 35.3. The number of nitrogens with one attached hydrogen (secondary N) is 2. The van der Waals surface area contributed by atoms with Gasteiger partial charge >= 0.3 is 0 Å². The van der Waals surface area contributed by atoms with Gasteiger partial charge in [-0.15, -0.1) is 0 Å². The molecule has 0 radical (unpaired) electrons. The summed E-state index contributed by atoms with van der Waals surface area (Å²) in [6.45, 7) is -0.463. The number of hydrogen-bond donors (Lipinski definition) is 2. The number of pyridine rings is 1. The van der Waals surface area contributed by atoms with Crippen molar-refractivity contribution in [2.45, 2.75) is 31.6 Å². The molecular formula is C28H27F3N6O2. The number of allylic oxidation sites excluding steroid dienone is 1. The van der Waals surface area contributed by atoms with Crippen molar-refractivity contribution in [2.24, 2.45) is 13.0 Å². The van der Waals surface area contributed by atoms with Crippen LogP contribution in [-0.4, -0.2) is 52.4 Å². The number of aryl methyl sites for hydroxylation is 1. The first-order valence-corrected chi connectivity index (χ1v) is 12.8. The number of nitrogens with zero attached hydrogens (tertiary/aromatic N) is 4. The Labute approximate surface area is 222 Å². The average Bonchev–Trinajstić information content (AvgIpc) is 3.35. The summed E-state index contributed by atoms with van der Waals surface area (Å²) in [5.74, 6) is -3.23. The largest absolute Gasteiger partial charge is 0.365 e. The second-order valence-electron chi connectivity index (χ2n) is 10.3. The third kappa shape index (κ3) is 4.55. The summed E-state index contributed by atoms with van der Waals surface area (Å²) in [6.07, 6.45) is 7.87. The van der Waals surface area contributed by atoms with Crippen LogP contribution in [-0.2, 0) is 18.3 Å². The highest BCUT2D eigenvalue weighted by Crippen LogP contribution is 2.44. The van der Waals surface area contributed by atoms with Gasteiger partial charge in [-0.3, -0.25) is 9.59 Å². The number of halogens is 3. The Morgan fingerprint density at radius 1 is 1.18 bits per heavy atom. The number of aromatic nitrogens is 3. The monoisotopic (exact) mass is 536 g/mol. The van der Waals surface area contributed by atoms with Crippen molar-refractivity contribution in [2.75, 3.05) is 30.4 Å². The molecule has 202 valence electrons. The van der Waals surface area contributed by atoms with E-state index in [0.717, 1.165) is 12.8 Å². The summed E-state index contributed by atoms with van der Waals surface area (Å²) in [5, 5.41) is 5.45. The molecule has 1 saturated carbocycles. The standard InChI is InChI=1S/C28H27F3N6O2/c1-32-27(39)20-13-34-24(35-26(38)15-3-4-15)19-10-16(9-18(19)20)23-21(29)11-17(25-33-6-8-36(25)2)12-22(23)37-7-5-28(30,31)14-37/h6,8-9,11-13,15H,3-5,7,10,14H2,1-2H3,(H,32,39)(H,34,35,38). The Morgan fingerprint density at radius 2 is 1.97 bits per heavy atom. The number of amides is 2. The molecule has 6 rings (SSSR count). The van der Waals surface area contributed by atoms with Crippen LogP contribution in [0.25, 0.3) is 23.0 Å². The van der Waals surface area contributed by atoms with E-state index in [9.17, 15) is 18.4 Å². The number of imidazole rings is 1. The first kappa shape index (κ1) is 25.1. The van der Waals surface area contributed by atoms with E-state index < -0.39 is 18.3 Å². The van der Waals surface area contributed by atoms with Gasteiger partial charge in [0.05, 0.1) is 12.1 Å². The number of anilines is 2. The predicted molar refractivity (Wildman–Crippen MR) is 141 cm³/mol. The molecular weight excluding hydrogens is 509 g/mol. The smallest absolute Gasteiger partial charge is 0.266 e. The highest BCUT2D eigenvalue weighted by atomic mass is 19.3. The van der Waals surface area contributed by atoms with Gasteiger partial charge in [0, 0.05) is 80.4 Å². The Hall–Kier alpha value is -4.15. The molecule has 0 spiro atoms. The first-order valence-electron chi connectivity index (χ1n) is 12.8. The van der Waals surface area contributed by atoms with Gasteiger partial charge in [0.1, 0.15) is 17.5 Å². The fourth-order valence-corrected chi connectivity index (χ4v) is 5.35. The lowest BCUT2D eigenvalue weighted by Crippen LogP contribution is -2.26. The normalized spacial score (nSPS) is 17.7. The number of carbonyl (C=O) groups is 2. The fourth-order valence-electron chi connectivity index (χ4n) is 5.35. The van der Waals surface area contributed by atoms with Crippen molar-refractivity contribution in [3.05, 3.63) is 58.8 Å². The Bertz CT molecular complexity index is 1540. The molecule has 2 N–H and O–H groups in total. The molecule has 8 nitrogen and oxygen atoms in total. The fraction of sp³-hybridized carbons (Fsp3) is 0.357. The van der Waals surface area contributed by atoms with Crippen LogP contribution >= 0.6 is 0 Å². The molecule has 0 bridgehead atoms. The number of hydrogen-bond acceptors (Lipinski definition) is 5. The van der Waals surface area contributed by atoms with E-state index in [-0.39, 0.29) is 48.2 Å². The molecule has 3 aromatic rings. The number of alkyl halides is 2. The lowest BCUT2D eigenvalue weighted by Gasteiger charge is -2.24. The van der Waals surface area contributed by atoms with Gasteiger partial charge in [-0.05, 0) is 42.2 Å². The molecule has 11 heteroatoms. The summed E-state index contributed by atoms with van der Waals surface area (Å²) in [5.41, 5.74) is 2.90. The molecule has 0 atom stereocenters. The van der Waals surface area contributed by atoms with E-state index in [1.807, 2.05) is 0 Å². The van der Waals surface area contributed by atoms with Crippen LogP contribution in [0.15, 0.2) is 30.7 Å². The molecule has 39 heavy (non-hydrogen) atoms. The maximum absolute atomic E-state index is 16.0. The molecule has 1 aliphatic heterocycles. The van der Waals surface area contributed by atoms with Crippen LogP contribution in [0.5, 0.6) is 0 Å². The maximum Gasteiger partial charge on any atom is 0.266 e. The Balaban J connectivity index is 1.47. The molecule has 1 saturated heterocycles. The average molecular weight is 537 g/mol. The van der Waals surface area contributed by atoms with E-state index in [1.54, 1.807) is 36.2 Å². The van der Waals surface area contributed by atoms with Gasteiger partial charge in [0.15, 0.2) is 0 Å². The minimum atomic E-state index is -2.89. The Morgan fingerprint density at radius 3 is 2.62 bits per heavy atom. The second-order valence-corrected chi connectivity index (χ2v) is 10.3. The van der Waals surface area contributed by atoms with Gasteiger partial charge in [-0.25, -0.2) is 23.1 Å². The van der Waals surface area contributed by atoms with Crippen LogP contribution in [0, 0.1) is 11.7 Å². The summed E-state index contributed by atoms with van der Waals surface area (Å²) in [6, 6.07) is 3.05. The summed E-state index contributed by atoms with van der Waals surface area (Å²) >= 11 is 0. The molecule has 3 aliphatic rings. The van der Waals surface area contributed by atoms with Gasteiger partial charge in [-0.1, -0.05) is 0 Å². The first-order chi connectivity index (χ1) is 18.6. The zero-order valence-electron chi connectivity index (χ0n) is 21.5. The summed E-state index contributed by atoms with van der Waals surface area (Å²) in [7, 11) is 3.28. The number of carbonyl (C=O) groups excluding carboxylic acids is 2. The SMILES string of the molecule is CNC(=O)c1cnc(NC(=O)C2CC2)c2c1C=C(c1c(F)cc(-c3nccn3C)cc1N1CCC(F)(F)C1)C2. The zero-order valence-corrected chi connectivity index (χ0v) is 21.5. The molecule has 2 fully saturated rings. The minimum absolute atomic E-state index is 0.0607. The van der Waals surface area contributed by atoms with Crippen LogP contribution in [0.4, 0.5) is 24.7 Å². The molecule has 3 heterocycles. The topological polar surface area (TPSA) is 92.1 Å². The molecule has 2 aromatic heterocycles. The van der Waals surface area contributed by atoms with Crippen molar-refractivity contribution in [3.8, 4) is 11.4 Å². The molecule has 2 amide bonds. The van der Waals surface area contributed by atoms with E-state index in [2.05, 4.69) is 20.6 Å². The number of benzene rings is 1. The van der Waals surface area contributed by atoms with Crippen molar-refractivity contribution in [3.63, 3.8) is 0 Å². The molecule has 2 aliphatic carbocycles. The minimum Gasteiger partial charge on any atom is -0.365 e. The second kappa shape index (κ2) is 9.25. The van der Waals surface area contributed by atoms with E-state index in [4.69, 9.17) is 0 Å². The van der Waals surface area contributed by atoms with Gasteiger partial charge in [0.2, 0.25) is 5.91 Å². The van der Waals surface area contributed by atoms with Gasteiger partial charge < -0.3 is 20.1 Å². The highest BCUT2D eigenvalue weighted by molar-refractivity contribution is 6.05. The summed E-state index contributed by atoms with van der Waals surface area (Å²) < 4.78 is 46.4. The van der Waals surface area contributed by atoms with Crippen LogP contribution in [0.2, 0.25) is 0 Å². The lowest BCUT2D eigenvalue weighted by atomic mass is 9.97. The highest BCUT2D eigenvalue weighted by Gasteiger charge is 2.40. The maximum atomic E-state index is 16.0. The number of rotatable bonds is 6. The van der Waals surface area contributed by atoms with Crippen LogP contribution in [0.1, 0.15) is 46.3 Å². The van der Waals surface area contributed by atoms with Crippen molar-refractivity contribution in [1.82, 2.24) is 19.9 Å². The van der Waals surface area contributed by atoms with E-state index >= 15 is 4.39 Å². The quantitative estimate of drug-likeness (QED) is 0.491. The van der Waals surface area contributed by atoms with Crippen molar-refractivity contribution < 1.29 is 22.8 Å². The van der Waals surface area contributed by atoms with Crippen LogP contribution in [0.3, 0.4) is 0 Å². The molecule has 0 unspecified atom stereocenters. The van der Waals surface area contributed by atoms with Crippen molar-refractivity contribution >= 4 is 35.0 Å². The third-order valence-electron chi connectivity index (χ3n) is 7.55. The Kier molecular flexibility index (Phi) is 5.96. The lowest BCUT2D eigenvalue weighted by molar-refractivity contribution is -0.117. The molecule has 1 aromatic carbocycles. The van der Waals surface area contributed by atoms with Crippen molar-refractivity contribution in [1.29, 1.82) is 0 Å². The van der Waals surface area contributed by atoms with E-state index in [0.29, 0.717) is 39.6 Å².